The second-order valence-corrected chi connectivity index (χ2v) is 3.33. The van der Waals surface area contributed by atoms with Crippen LogP contribution >= 0.6 is 0 Å². The Labute approximate surface area is 90.4 Å². The Hall–Kier alpha value is -1.14. The first-order valence-corrected chi connectivity index (χ1v) is 4.73. The largest absolute Gasteiger partial charge is 0.419 e. The minimum absolute atomic E-state index is 0.0696. The summed E-state index contributed by atoms with van der Waals surface area (Å²) in [5, 5.41) is 0. The van der Waals surface area contributed by atoms with Crippen LogP contribution in [0.1, 0.15) is 30.5 Å². The third-order valence-corrected chi connectivity index (χ3v) is 2.32. The van der Waals surface area contributed by atoms with Gasteiger partial charge in [-0.25, -0.2) is 4.39 Å². The molecule has 0 spiro atoms. The first kappa shape index (κ1) is 12.9. The van der Waals surface area contributed by atoms with E-state index >= 15 is 0 Å². The molecule has 1 atom stereocenters. The van der Waals surface area contributed by atoms with Gasteiger partial charge in [-0.3, -0.25) is 11.3 Å². The zero-order valence-electron chi connectivity index (χ0n) is 8.61. The summed E-state index contributed by atoms with van der Waals surface area (Å²) in [7, 11) is 0. The molecule has 0 fully saturated rings. The van der Waals surface area contributed by atoms with Gasteiger partial charge >= 0.3 is 6.18 Å². The van der Waals surface area contributed by atoms with Crippen molar-refractivity contribution >= 4 is 0 Å². The number of benzene rings is 1. The second-order valence-electron chi connectivity index (χ2n) is 3.33. The summed E-state index contributed by atoms with van der Waals surface area (Å²) in [6, 6.07) is 2.55. The van der Waals surface area contributed by atoms with Crippen molar-refractivity contribution in [1.82, 2.24) is 5.43 Å². The van der Waals surface area contributed by atoms with Gasteiger partial charge in [-0.1, -0.05) is 19.1 Å². The summed E-state index contributed by atoms with van der Waals surface area (Å²) in [4.78, 5) is 0. The van der Waals surface area contributed by atoms with Crippen LogP contribution in [0.5, 0.6) is 0 Å². The molecule has 0 heterocycles. The monoisotopic (exact) mass is 236 g/mol. The van der Waals surface area contributed by atoms with Crippen molar-refractivity contribution in [2.24, 2.45) is 5.84 Å². The Bertz CT molecular complexity index is 358. The van der Waals surface area contributed by atoms with Crippen molar-refractivity contribution in [2.45, 2.75) is 25.6 Å². The summed E-state index contributed by atoms with van der Waals surface area (Å²) >= 11 is 0. The van der Waals surface area contributed by atoms with Crippen molar-refractivity contribution in [3.63, 3.8) is 0 Å². The first-order valence-electron chi connectivity index (χ1n) is 4.73. The van der Waals surface area contributed by atoms with Crippen LogP contribution in [0, 0.1) is 5.82 Å². The minimum Gasteiger partial charge on any atom is -0.271 e. The normalized spacial score (nSPS) is 13.9. The molecule has 90 valence electrons. The Morgan fingerprint density at radius 1 is 1.38 bits per heavy atom. The molecule has 1 aromatic rings. The van der Waals surface area contributed by atoms with E-state index < -0.39 is 23.6 Å². The molecule has 0 saturated heterocycles. The molecule has 0 amide bonds. The lowest BCUT2D eigenvalue weighted by atomic mass is 10.0. The van der Waals surface area contributed by atoms with Gasteiger partial charge < -0.3 is 0 Å². The standard InChI is InChI=1S/C10H12F4N2/c1-2-8(16-15)6-4-3-5-7(9(6)11)10(12,13)14/h3-5,8,16H,2,15H2,1H3/t8-/m1/s1. The molecule has 0 aromatic heterocycles. The Morgan fingerprint density at radius 2 is 2.00 bits per heavy atom. The molecular weight excluding hydrogens is 224 g/mol. The number of hydrazine groups is 1. The molecule has 0 unspecified atom stereocenters. The van der Waals surface area contributed by atoms with Gasteiger partial charge in [0.05, 0.1) is 5.56 Å². The number of nitrogens with two attached hydrogens (primary N) is 1. The molecule has 0 aliphatic carbocycles. The van der Waals surface area contributed by atoms with Crippen LogP contribution in [0.4, 0.5) is 17.6 Å². The number of nitrogens with one attached hydrogen (secondary N) is 1. The maximum atomic E-state index is 13.6. The Morgan fingerprint density at radius 3 is 2.44 bits per heavy atom. The smallest absolute Gasteiger partial charge is 0.271 e. The van der Waals surface area contributed by atoms with Gasteiger partial charge in [-0.05, 0) is 12.5 Å². The van der Waals surface area contributed by atoms with E-state index in [1.165, 1.54) is 12.1 Å². The van der Waals surface area contributed by atoms with Gasteiger partial charge in [-0.2, -0.15) is 13.2 Å². The first-order chi connectivity index (χ1) is 7.41. The van der Waals surface area contributed by atoms with E-state index in [1.54, 1.807) is 6.92 Å². The van der Waals surface area contributed by atoms with Crippen molar-refractivity contribution in [2.75, 3.05) is 0 Å². The second kappa shape index (κ2) is 4.80. The van der Waals surface area contributed by atoms with Crippen LogP contribution in [-0.4, -0.2) is 0 Å². The van der Waals surface area contributed by atoms with Gasteiger partial charge in [0.15, 0.2) is 0 Å². The summed E-state index contributed by atoms with van der Waals surface area (Å²) < 4.78 is 50.8. The lowest BCUT2D eigenvalue weighted by Gasteiger charge is -2.17. The van der Waals surface area contributed by atoms with E-state index in [-0.39, 0.29) is 5.56 Å². The number of rotatable bonds is 3. The molecule has 0 aliphatic rings. The molecule has 0 radical (unpaired) electrons. The fourth-order valence-corrected chi connectivity index (χ4v) is 1.47. The third kappa shape index (κ3) is 2.51. The van der Waals surface area contributed by atoms with E-state index in [4.69, 9.17) is 5.84 Å². The zero-order chi connectivity index (χ0) is 12.3. The molecule has 3 N–H and O–H groups in total. The highest BCUT2D eigenvalue weighted by Crippen LogP contribution is 2.34. The lowest BCUT2D eigenvalue weighted by molar-refractivity contribution is -0.140. The quantitative estimate of drug-likeness (QED) is 0.481. The Kier molecular flexibility index (Phi) is 3.88. The Balaban J connectivity index is 3.23. The third-order valence-electron chi connectivity index (χ3n) is 2.32. The van der Waals surface area contributed by atoms with Crippen LogP contribution in [0.2, 0.25) is 0 Å². The van der Waals surface area contributed by atoms with Crippen molar-refractivity contribution in [1.29, 1.82) is 0 Å². The highest BCUT2D eigenvalue weighted by atomic mass is 19.4. The highest BCUT2D eigenvalue weighted by molar-refractivity contribution is 5.30. The van der Waals surface area contributed by atoms with Crippen LogP contribution in [0.25, 0.3) is 0 Å². The summed E-state index contributed by atoms with van der Waals surface area (Å²) in [6.07, 6.45) is -4.29. The van der Waals surface area contributed by atoms with Gasteiger partial charge in [0.25, 0.3) is 0 Å². The van der Waals surface area contributed by atoms with Crippen LogP contribution in [0.15, 0.2) is 18.2 Å². The molecular formula is C10H12F4N2. The summed E-state index contributed by atoms with van der Waals surface area (Å²) in [6.45, 7) is 1.70. The van der Waals surface area contributed by atoms with Crippen LogP contribution < -0.4 is 11.3 Å². The molecule has 0 bridgehead atoms. The number of halogens is 4. The van der Waals surface area contributed by atoms with Crippen LogP contribution in [0.3, 0.4) is 0 Å². The average Bonchev–Trinajstić information content (AvgIpc) is 2.20. The molecule has 0 saturated carbocycles. The topological polar surface area (TPSA) is 38.0 Å². The van der Waals surface area contributed by atoms with Gasteiger partial charge in [0.2, 0.25) is 0 Å². The van der Waals surface area contributed by atoms with E-state index in [0.717, 1.165) is 0 Å². The van der Waals surface area contributed by atoms with Crippen molar-refractivity contribution in [3.8, 4) is 0 Å². The van der Waals surface area contributed by atoms with E-state index in [1.807, 2.05) is 0 Å². The fraction of sp³-hybridized carbons (Fsp3) is 0.400. The molecule has 0 aliphatic heterocycles. The van der Waals surface area contributed by atoms with E-state index in [2.05, 4.69) is 5.43 Å². The predicted octanol–water partition coefficient (Wildman–Crippen LogP) is 2.76. The zero-order valence-corrected chi connectivity index (χ0v) is 8.61. The number of alkyl halides is 3. The molecule has 16 heavy (non-hydrogen) atoms. The van der Waals surface area contributed by atoms with Gasteiger partial charge in [0.1, 0.15) is 5.82 Å². The molecule has 1 rings (SSSR count). The SMILES string of the molecule is CC[C@@H](NN)c1cccc(C(F)(F)F)c1F. The van der Waals surface area contributed by atoms with Crippen LogP contribution in [-0.2, 0) is 6.18 Å². The summed E-state index contributed by atoms with van der Waals surface area (Å²) in [5.41, 5.74) is 0.945. The minimum atomic E-state index is -4.69. The summed E-state index contributed by atoms with van der Waals surface area (Å²) in [5.74, 6) is 3.88. The highest BCUT2D eigenvalue weighted by Gasteiger charge is 2.35. The number of hydrogen-bond acceptors (Lipinski definition) is 2. The molecule has 2 nitrogen and oxygen atoms in total. The van der Waals surface area contributed by atoms with Gasteiger partial charge in [-0.15, -0.1) is 0 Å². The van der Waals surface area contributed by atoms with E-state index in [9.17, 15) is 17.6 Å². The fourth-order valence-electron chi connectivity index (χ4n) is 1.47. The molecule has 6 heteroatoms. The van der Waals surface area contributed by atoms with Crippen molar-refractivity contribution in [3.05, 3.63) is 35.1 Å². The van der Waals surface area contributed by atoms with Crippen molar-refractivity contribution < 1.29 is 17.6 Å². The average molecular weight is 236 g/mol. The number of hydrogen-bond donors (Lipinski definition) is 2. The maximum absolute atomic E-state index is 13.6. The lowest BCUT2D eigenvalue weighted by Crippen LogP contribution is -2.28. The predicted molar refractivity (Wildman–Crippen MR) is 51.8 cm³/mol. The molecule has 1 aromatic carbocycles. The van der Waals surface area contributed by atoms with Gasteiger partial charge in [0, 0.05) is 11.6 Å². The van der Waals surface area contributed by atoms with E-state index in [0.29, 0.717) is 12.5 Å². The maximum Gasteiger partial charge on any atom is 0.419 e.